The second kappa shape index (κ2) is 13.8. The van der Waals surface area contributed by atoms with Gasteiger partial charge in [0.15, 0.2) is 0 Å². The van der Waals surface area contributed by atoms with E-state index in [1.807, 2.05) is 44.2 Å². The first-order valence-electron chi connectivity index (χ1n) is 12.6. The molecule has 2 aromatic carbocycles. The maximum atomic E-state index is 13.5. The van der Waals surface area contributed by atoms with Crippen molar-refractivity contribution in [3.8, 4) is 0 Å². The summed E-state index contributed by atoms with van der Waals surface area (Å²) in [5, 5.41) is 28.3. The normalized spacial score (nSPS) is 17.4. The van der Waals surface area contributed by atoms with Crippen LogP contribution in [0.15, 0.2) is 59.5 Å². The molecular weight excluding hydrogens is 512 g/mol. The lowest BCUT2D eigenvalue weighted by atomic mass is 10.0. The van der Waals surface area contributed by atoms with Gasteiger partial charge in [-0.2, -0.15) is 4.31 Å². The third-order valence-electron chi connectivity index (χ3n) is 6.24. The van der Waals surface area contributed by atoms with Gasteiger partial charge >= 0.3 is 0 Å². The molecule has 1 aliphatic heterocycles. The quantitative estimate of drug-likeness (QED) is 0.238. The number of nitro groups is 1. The second-order valence-electron chi connectivity index (χ2n) is 9.84. The van der Waals surface area contributed by atoms with Crippen LogP contribution in [0.2, 0.25) is 0 Å². The van der Waals surface area contributed by atoms with Crippen LogP contribution in [0, 0.1) is 16.0 Å². The Morgan fingerprint density at radius 3 is 2.42 bits per heavy atom. The molecule has 11 nitrogen and oxygen atoms in total. The van der Waals surface area contributed by atoms with E-state index in [0.29, 0.717) is 19.6 Å². The second-order valence-corrected chi connectivity index (χ2v) is 11.8. The van der Waals surface area contributed by atoms with E-state index in [2.05, 4.69) is 10.6 Å². The van der Waals surface area contributed by atoms with E-state index in [0.717, 1.165) is 24.1 Å². The van der Waals surface area contributed by atoms with Gasteiger partial charge < -0.3 is 20.5 Å². The number of nitro benzene ring substituents is 1. The lowest BCUT2D eigenvalue weighted by Gasteiger charge is -2.31. The van der Waals surface area contributed by atoms with Gasteiger partial charge in [0.05, 0.1) is 35.1 Å². The summed E-state index contributed by atoms with van der Waals surface area (Å²) in [5.74, 6) is -0.375. The van der Waals surface area contributed by atoms with Crippen molar-refractivity contribution in [3.05, 3.63) is 70.3 Å². The molecule has 0 spiro atoms. The Hall–Kier alpha value is -2.90. The molecule has 0 bridgehead atoms. The number of sulfonamides is 1. The molecule has 3 rings (SSSR count). The number of aliphatic hydroxyl groups is 1. The maximum Gasteiger partial charge on any atom is 0.269 e. The molecule has 3 atom stereocenters. The zero-order valence-electron chi connectivity index (χ0n) is 21.7. The number of nitrogens with zero attached hydrogens (tertiary/aromatic N) is 2. The molecule has 208 valence electrons. The third-order valence-corrected chi connectivity index (χ3v) is 8.08. The van der Waals surface area contributed by atoms with Crippen LogP contribution in [0.5, 0.6) is 0 Å². The highest BCUT2D eigenvalue weighted by molar-refractivity contribution is 7.89. The van der Waals surface area contributed by atoms with Gasteiger partial charge in [0.25, 0.3) is 5.69 Å². The molecule has 1 fully saturated rings. The predicted molar refractivity (Wildman–Crippen MR) is 142 cm³/mol. The van der Waals surface area contributed by atoms with Gasteiger partial charge in [-0.3, -0.25) is 14.9 Å². The monoisotopic (exact) mass is 548 g/mol. The summed E-state index contributed by atoms with van der Waals surface area (Å²) in [6.07, 6.45) is -0.109. The zero-order valence-corrected chi connectivity index (χ0v) is 22.5. The minimum Gasteiger partial charge on any atom is -0.390 e. The summed E-state index contributed by atoms with van der Waals surface area (Å²) in [6, 6.07) is 13.3. The lowest BCUT2D eigenvalue weighted by molar-refractivity contribution is -0.384. The molecule has 0 unspecified atom stereocenters. The van der Waals surface area contributed by atoms with Crippen molar-refractivity contribution >= 4 is 21.6 Å². The van der Waals surface area contributed by atoms with Crippen molar-refractivity contribution in [2.75, 3.05) is 32.8 Å². The molecule has 1 amide bonds. The van der Waals surface area contributed by atoms with Crippen LogP contribution in [0.3, 0.4) is 0 Å². The van der Waals surface area contributed by atoms with Crippen LogP contribution in [-0.4, -0.2) is 79.7 Å². The first-order chi connectivity index (χ1) is 18.1. The summed E-state index contributed by atoms with van der Waals surface area (Å²) in [6.45, 7) is 4.78. The van der Waals surface area contributed by atoms with E-state index < -0.39 is 27.1 Å². The number of non-ortho nitro benzene ring substituents is 1. The Morgan fingerprint density at radius 1 is 1.16 bits per heavy atom. The van der Waals surface area contributed by atoms with E-state index in [4.69, 9.17) is 4.74 Å². The molecule has 1 heterocycles. The minimum absolute atomic E-state index is 0.0445. The summed E-state index contributed by atoms with van der Waals surface area (Å²) in [5.41, 5.74) is 0.658. The van der Waals surface area contributed by atoms with Crippen LogP contribution in [0.4, 0.5) is 5.69 Å². The van der Waals surface area contributed by atoms with Crippen molar-refractivity contribution in [1.29, 1.82) is 0 Å². The summed E-state index contributed by atoms with van der Waals surface area (Å²) < 4.78 is 33.4. The topological polar surface area (TPSA) is 151 Å². The summed E-state index contributed by atoms with van der Waals surface area (Å²) in [4.78, 5) is 23.0. The number of hydrogen-bond donors (Lipinski definition) is 3. The Kier molecular flexibility index (Phi) is 10.7. The first kappa shape index (κ1) is 29.7. The predicted octanol–water partition coefficient (Wildman–Crippen LogP) is 1.71. The largest absolute Gasteiger partial charge is 0.390 e. The van der Waals surface area contributed by atoms with E-state index >= 15 is 0 Å². The molecule has 0 radical (unpaired) electrons. The number of carbonyl (C=O) groups excluding carboxylic acids is 1. The van der Waals surface area contributed by atoms with Gasteiger partial charge in [0.1, 0.15) is 0 Å². The molecule has 12 heteroatoms. The van der Waals surface area contributed by atoms with Gasteiger partial charge in [-0.1, -0.05) is 44.2 Å². The Labute approximate surface area is 223 Å². The molecule has 1 aliphatic rings. The van der Waals surface area contributed by atoms with E-state index in [9.17, 15) is 28.4 Å². The average Bonchev–Trinajstić information content (AvgIpc) is 3.41. The Morgan fingerprint density at radius 2 is 1.84 bits per heavy atom. The van der Waals surface area contributed by atoms with Crippen LogP contribution in [0.25, 0.3) is 0 Å². The SMILES string of the molecule is CC(C)CN(C[C@@H](O)[C@H](Cc1ccccc1)NC(=O)CN[C@@H]1CCOC1)S(=O)(=O)c1ccc([N+](=O)[O-])cc1. The molecule has 3 N–H and O–H groups in total. The zero-order chi connectivity index (χ0) is 27.7. The van der Waals surface area contributed by atoms with Crippen LogP contribution in [-0.2, 0) is 26.0 Å². The van der Waals surface area contributed by atoms with Gasteiger partial charge in [0.2, 0.25) is 15.9 Å². The number of benzene rings is 2. The van der Waals surface area contributed by atoms with E-state index in [1.165, 1.54) is 16.4 Å². The fourth-order valence-corrected chi connectivity index (χ4v) is 5.87. The number of amides is 1. The standard InChI is InChI=1S/C26H36N4O7S/c1-19(2)16-29(38(35,36)23-10-8-22(9-11-23)30(33)34)17-25(31)24(14-20-6-4-3-5-7-20)28-26(32)15-27-21-12-13-37-18-21/h3-11,19,21,24-25,27,31H,12-18H2,1-2H3,(H,28,32)/t21-,24+,25-/m1/s1. The van der Waals surface area contributed by atoms with Crippen LogP contribution in [0.1, 0.15) is 25.8 Å². The van der Waals surface area contributed by atoms with Crippen molar-refractivity contribution in [1.82, 2.24) is 14.9 Å². The van der Waals surface area contributed by atoms with Crippen LogP contribution < -0.4 is 10.6 Å². The number of rotatable bonds is 14. The number of ether oxygens (including phenoxy) is 1. The number of carbonyl (C=O) groups is 1. The molecular formula is C26H36N4O7S. The van der Waals surface area contributed by atoms with Gasteiger partial charge in [-0.25, -0.2) is 8.42 Å². The van der Waals surface area contributed by atoms with Crippen LogP contribution >= 0.6 is 0 Å². The molecule has 0 saturated carbocycles. The molecule has 2 aromatic rings. The maximum absolute atomic E-state index is 13.5. The first-order valence-corrected chi connectivity index (χ1v) is 14.1. The molecule has 0 aromatic heterocycles. The highest BCUT2D eigenvalue weighted by Gasteiger charge is 2.31. The lowest BCUT2D eigenvalue weighted by Crippen LogP contribution is -2.53. The average molecular weight is 549 g/mol. The van der Waals surface area contributed by atoms with Crippen molar-refractivity contribution in [2.24, 2.45) is 5.92 Å². The Balaban J connectivity index is 1.78. The van der Waals surface area contributed by atoms with Crippen molar-refractivity contribution < 1.29 is 28.0 Å². The number of hydrogen-bond acceptors (Lipinski definition) is 8. The molecule has 1 saturated heterocycles. The van der Waals surface area contributed by atoms with E-state index in [1.54, 1.807) is 0 Å². The van der Waals surface area contributed by atoms with Gasteiger partial charge in [0, 0.05) is 37.9 Å². The van der Waals surface area contributed by atoms with Crippen molar-refractivity contribution in [2.45, 2.75) is 49.8 Å². The van der Waals surface area contributed by atoms with Gasteiger partial charge in [-0.05, 0) is 36.5 Å². The highest BCUT2D eigenvalue weighted by atomic mass is 32.2. The van der Waals surface area contributed by atoms with Crippen molar-refractivity contribution in [3.63, 3.8) is 0 Å². The fraction of sp³-hybridized carbons (Fsp3) is 0.500. The summed E-state index contributed by atoms with van der Waals surface area (Å²) in [7, 11) is -4.08. The molecule has 38 heavy (non-hydrogen) atoms. The highest BCUT2D eigenvalue weighted by Crippen LogP contribution is 2.22. The summed E-state index contributed by atoms with van der Waals surface area (Å²) >= 11 is 0. The van der Waals surface area contributed by atoms with E-state index in [-0.39, 0.29) is 48.1 Å². The number of nitrogens with one attached hydrogen (secondary N) is 2. The Bertz CT molecular complexity index is 1150. The number of aliphatic hydroxyl groups excluding tert-OH is 1. The van der Waals surface area contributed by atoms with Gasteiger partial charge in [-0.15, -0.1) is 0 Å². The third kappa shape index (κ3) is 8.57. The smallest absolute Gasteiger partial charge is 0.269 e. The fourth-order valence-electron chi connectivity index (χ4n) is 4.24. The minimum atomic E-state index is -4.08. The molecule has 0 aliphatic carbocycles.